The van der Waals surface area contributed by atoms with Crippen LogP contribution in [0.25, 0.3) is 0 Å². The summed E-state index contributed by atoms with van der Waals surface area (Å²) in [7, 11) is 1.70. The topological polar surface area (TPSA) is 73.6 Å². The average Bonchev–Trinajstić information content (AvgIpc) is 3.31. The van der Waals surface area contributed by atoms with Crippen molar-refractivity contribution in [3.05, 3.63) is 12.7 Å². The molecule has 0 heterocycles. The van der Waals surface area contributed by atoms with Crippen LogP contribution < -0.4 is 11.1 Å². The third kappa shape index (κ3) is 7.48. The lowest BCUT2D eigenvalue weighted by Gasteiger charge is -2.27. The van der Waals surface area contributed by atoms with Gasteiger partial charge in [0.05, 0.1) is 12.2 Å². The Morgan fingerprint density at radius 3 is 2.77 bits per heavy atom. The molecular formula is C17H28N2O3. The summed E-state index contributed by atoms with van der Waals surface area (Å²) in [6.07, 6.45) is 6.65. The van der Waals surface area contributed by atoms with Crippen LogP contribution in [0.2, 0.25) is 0 Å². The second kappa shape index (κ2) is 10.3. The number of ether oxygens (including phenoxy) is 2. The molecule has 1 aliphatic rings. The second-order valence-corrected chi connectivity index (χ2v) is 5.59. The Bertz CT molecular complexity index is 406. The van der Waals surface area contributed by atoms with Gasteiger partial charge >= 0.3 is 6.03 Å². The quantitative estimate of drug-likeness (QED) is 0.370. The first-order valence-electron chi connectivity index (χ1n) is 7.89. The Kier molecular flexibility index (Phi) is 8.64. The molecule has 0 spiro atoms. The van der Waals surface area contributed by atoms with Crippen molar-refractivity contribution in [2.45, 2.75) is 51.2 Å². The third-order valence-electron chi connectivity index (χ3n) is 3.83. The van der Waals surface area contributed by atoms with Gasteiger partial charge in [-0.2, -0.15) is 0 Å². The SMILES string of the molecule is C=C[C@@H](CC#CC1CC1)C(CC(CC)OC)OCNC(N)=O. The number of hydrogen-bond acceptors (Lipinski definition) is 3. The minimum absolute atomic E-state index is 0.0839. The highest BCUT2D eigenvalue weighted by molar-refractivity contribution is 5.71. The van der Waals surface area contributed by atoms with Crippen molar-refractivity contribution < 1.29 is 14.3 Å². The van der Waals surface area contributed by atoms with Crippen molar-refractivity contribution in [2.24, 2.45) is 17.6 Å². The van der Waals surface area contributed by atoms with E-state index in [1.54, 1.807) is 7.11 Å². The van der Waals surface area contributed by atoms with E-state index in [9.17, 15) is 4.79 Å². The van der Waals surface area contributed by atoms with Crippen molar-refractivity contribution in [1.82, 2.24) is 5.32 Å². The molecule has 0 bridgehead atoms. The fourth-order valence-electron chi connectivity index (χ4n) is 2.19. The first kappa shape index (κ1) is 18.5. The maximum atomic E-state index is 10.8. The van der Waals surface area contributed by atoms with Gasteiger partial charge in [0.25, 0.3) is 0 Å². The molecule has 0 radical (unpaired) electrons. The summed E-state index contributed by atoms with van der Waals surface area (Å²) in [6.45, 7) is 6.05. The Hall–Kier alpha value is -1.51. The first-order valence-corrected chi connectivity index (χ1v) is 7.89. The van der Waals surface area contributed by atoms with E-state index in [1.807, 2.05) is 6.08 Å². The Balaban J connectivity index is 2.59. The second-order valence-electron chi connectivity index (χ2n) is 5.59. The van der Waals surface area contributed by atoms with E-state index in [0.29, 0.717) is 12.3 Å². The van der Waals surface area contributed by atoms with Gasteiger partial charge in [-0.3, -0.25) is 0 Å². The standard InChI is InChI=1S/C17H28N2O3/c1-4-14(8-6-7-13-9-10-13)16(11-15(5-2)21-3)22-12-19-17(18)20/h4,13-16H,1,5,8-12H2,2-3H3,(H3,18,19,20)/t14-,15?,16?/m0/s1. The van der Waals surface area contributed by atoms with Gasteiger partial charge in [-0.05, 0) is 19.3 Å². The van der Waals surface area contributed by atoms with Gasteiger partial charge < -0.3 is 20.5 Å². The zero-order valence-electron chi connectivity index (χ0n) is 13.6. The van der Waals surface area contributed by atoms with Crippen molar-refractivity contribution in [2.75, 3.05) is 13.8 Å². The van der Waals surface area contributed by atoms with Gasteiger partial charge in [0.2, 0.25) is 0 Å². The van der Waals surface area contributed by atoms with E-state index in [4.69, 9.17) is 15.2 Å². The van der Waals surface area contributed by atoms with Crippen LogP contribution in [0, 0.1) is 23.7 Å². The molecule has 2 unspecified atom stereocenters. The van der Waals surface area contributed by atoms with Gasteiger partial charge in [0.15, 0.2) is 0 Å². The summed E-state index contributed by atoms with van der Waals surface area (Å²) in [5.41, 5.74) is 5.06. The summed E-state index contributed by atoms with van der Waals surface area (Å²) in [5.74, 6) is 7.18. The molecule has 1 saturated carbocycles. The molecule has 3 atom stereocenters. The van der Waals surface area contributed by atoms with Gasteiger partial charge in [-0.15, -0.1) is 12.5 Å². The van der Waals surface area contributed by atoms with Crippen LogP contribution in [0.4, 0.5) is 4.79 Å². The van der Waals surface area contributed by atoms with E-state index in [2.05, 4.69) is 30.7 Å². The zero-order chi connectivity index (χ0) is 16.4. The Labute approximate surface area is 133 Å². The lowest BCUT2D eigenvalue weighted by Crippen LogP contribution is -2.36. The number of urea groups is 1. The molecule has 3 N–H and O–H groups in total. The number of carbonyl (C=O) groups is 1. The molecule has 1 aliphatic carbocycles. The van der Waals surface area contributed by atoms with E-state index >= 15 is 0 Å². The molecule has 5 heteroatoms. The van der Waals surface area contributed by atoms with E-state index in [0.717, 1.165) is 12.8 Å². The van der Waals surface area contributed by atoms with Crippen LogP contribution in [0.3, 0.4) is 0 Å². The number of carbonyl (C=O) groups excluding carboxylic acids is 1. The minimum Gasteiger partial charge on any atom is -0.381 e. The molecule has 124 valence electrons. The van der Waals surface area contributed by atoms with Crippen LogP contribution >= 0.6 is 0 Å². The average molecular weight is 308 g/mol. The molecule has 0 aromatic carbocycles. The summed E-state index contributed by atoms with van der Waals surface area (Å²) >= 11 is 0. The van der Waals surface area contributed by atoms with Crippen molar-refractivity contribution >= 4 is 6.03 Å². The normalized spacial score (nSPS) is 17.7. The van der Waals surface area contributed by atoms with Gasteiger partial charge in [-0.1, -0.05) is 18.9 Å². The van der Waals surface area contributed by atoms with E-state index < -0.39 is 6.03 Å². The van der Waals surface area contributed by atoms with Gasteiger partial charge in [-0.25, -0.2) is 4.79 Å². The van der Waals surface area contributed by atoms with Crippen LogP contribution in [0.5, 0.6) is 0 Å². The summed E-state index contributed by atoms with van der Waals surface area (Å²) < 4.78 is 11.2. The Morgan fingerprint density at radius 2 is 2.27 bits per heavy atom. The number of amides is 2. The van der Waals surface area contributed by atoms with Crippen molar-refractivity contribution in [1.29, 1.82) is 0 Å². The monoisotopic (exact) mass is 308 g/mol. The summed E-state index contributed by atoms with van der Waals surface area (Å²) in [6, 6.07) is -0.596. The number of primary amides is 1. The predicted octanol–water partition coefficient (Wildman–Crippen LogP) is 2.42. The fourth-order valence-corrected chi connectivity index (χ4v) is 2.19. The highest BCUT2D eigenvalue weighted by Crippen LogP contribution is 2.28. The van der Waals surface area contributed by atoms with Crippen LogP contribution in [-0.4, -0.2) is 32.1 Å². The molecule has 22 heavy (non-hydrogen) atoms. The van der Waals surface area contributed by atoms with E-state index in [-0.39, 0.29) is 24.9 Å². The van der Waals surface area contributed by atoms with Crippen LogP contribution in [0.1, 0.15) is 39.0 Å². The maximum absolute atomic E-state index is 10.8. The van der Waals surface area contributed by atoms with Gasteiger partial charge in [0.1, 0.15) is 6.73 Å². The summed E-state index contributed by atoms with van der Waals surface area (Å²) in [4.78, 5) is 10.8. The van der Waals surface area contributed by atoms with Crippen molar-refractivity contribution in [3.8, 4) is 11.8 Å². The van der Waals surface area contributed by atoms with Crippen LogP contribution in [-0.2, 0) is 9.47 Å². The molecule has 0 saturated heterocycles. The predicted molar refractivity (Wildman–Crippen MR) is 87.0 cm³/mol. The molecule has 0 aromatic rings. The molecule has 2 amide bonds. The molecule has 1 fully saturated rings. The third-order valence-corrected chi connectivity index (χ3v) is 3.83. The molecular weight excluding hydrogens is 280 g/mol. The highest BCUT2D eigenvalue weighted by atomic mass is 16.5. The molecule has 1 rings (SSSR count). The smallest absolute Gasteiger partial charge is 0.313 e. The Morgan fingerprint density at radius 1 is 1.55 bits per heavy atom. The fraction of sp³-hybridized carbons (Fsp3) is 0.706. The lowest BCUT2D eigenvalue weighted by molar-refractivity contribution is -0.0241. The number of nitrogens with one attached hydrogen (secondary N) is 1. The van der Waals surface area contributed by atoms with E-state index in [1.165, 1.54) is 12.8 Å². The lowest BCUT2D eigenvalue weighted by atomic mass is 9.93. The minimum atomic E-state index is -0.596. The first-order chi connectivity index (χ1) is 10.6. The largest absolute Gasteiger partial charge is 0.381 e. The number of rotatable bonds is 10. The van der Waals surface area contributed by atoms with Crippen LogP contribution in [0.15, 0.2) is 12.7 Å². The number of nitrogens with two attached hydrogens (primary N) is 1. The highest BCUT2D eigenvalue weighted by Gasteiger charge is 2.23. The molecule has 0 aliphatic heterocycles. The van der Waals surface area contributed by atoms with Gasteiger partial charge in [0, 0.05) is 31.8 Å². The molecule has 5 nitrogen and oxygen atoms in total. The van der Waals surface area contributed by atoms with Crippen molar-refractivity contribution in [3.63, 3.8) is 0 Å². The molecule has 0 aromatic heterocycles. The zero-order valence-corrected chi connectivity index (χ0v) is 13.6. The number of methoxy groups -OCH3 is 1. The number of hydrogen-bond donors (Lipinski definition) is 2. The summed E-state index contributed by atoms with van der Waals surface area (Å²) in [5, 5.41) is 2.45. The maximum Gasteiger partial charge on any atom is 0.313 e.